The van der Waals surface area contributed by atoms with Crippen LogP contribution in [0, 0.1) is 11.8 Å². The predicted molar refractivity (Wildman–Crippen MR) is 51.8 cm³/mol. The third kappa shape index (κ3) is 2.25. The Kier molecular flexibility index (Phi) is 3.49. The molecule has 0 radical (unpaired) electrons. The van der Waals surface area contributed by atoms with Crippen LogP contribution in [0.5, 0.6) is 0 Å². The lowest BCUT2D eigenvalue weighted by atomic mass is 9.78. The summed E-state index contributed by atoms with van der Waals surface area (Å²) < 4.78 is 0. The molecule has 2 atom stereocenters. The van der Waals surface area contributed by atoms with Gasteiger partial charge in [0.25, 0.3) is 0 Å². The third-order valence-electron chi connectivity index (χ3n) is 2.84. The number of hydrogen-bond donors (Lipinski definition) is 1. The van der Waals surface area contributed by atoms with E-state index in [4.69, 9.17) is 5.11 Å². The molecule has 0 heterocycles. The van der Waals surface area contributed by atoms with Gasteiger partial charge in [0.05, 0.1) is 11.8 Å². The molecule has 80 valence electrons. The Morgan fingerprint density at radius 3 is 2.07 bits per heavy atom. The zero-order valence-electron chi connectivity index (χ0n) is 8.69. The molecule has 0 aromatic rings. The van der Waals surface area contributed by atoms with Gasteiger partial charge in [-0.3, -0.25) is 9.59 Å². The standard InChI is InChI=1S/C10H17NO3/c1-11(2)9(12)7-5-3-4-6-8(7)10(13)14/h7-8H,3-6H2,1-2H3,(H,13,14)/t7-,8-/m0/s1. The van der Waals surface area contributed by atoms with E-state index in [1.807, 2.05) is 0 Å². The summed E-state index contributed by atoms with van der Waals surface area (Å²) in [5.41, 5.74) is 0. The van der Waals surface area contributed by atoms with Crippen molar-refractivity contribution in [2.24, 2.45) is 11.8 Å². The molecule has 1 N–H and O–H groups in total. The maximum atomic E-state index is 11.7. The Bertz CT molecular complexity index is 238. The molecule has 1 rings (SSSR count). The van der Waals surface area contributed by atoms with Crippen molar-refractivity contribution in [3.05, 3.63) is 0 Å². The van der Waals surface area contributed by atoms with Crippen LogP contribution >= 0.6 is 0 Å². The average molecular weight is 199 g/mol. The van der Waals surface area contributed by atoms with Crippen molar-refractivity contribution in [3.8, 4) is 0 Å². The van der Waals surface area contributed by atoms with Crippen LogP contribution in [0.15, 0.2) is 0 Å². The number of nitrogens with zero attached hydrogens (tertiary/aromatic N) is 1. The fraction of sp³-hybridized carbons (Fsp3) is 0.800. The van der Waals surface area contributed by atoms with Crippen LogP contribution in [0.1, 0.15) is 25.7 Å². The van der Waals surface area contributed by atoms with Crippen LogP contribution in [-0.4, -0.2) is 36.0 Å². The summed E-state index contributed by atoms with van der Waals surface area (Å²) in [6.07, 6.45) is 3.25. The van der Waals surface area contributed by atoms with Gasteiger partial charge in [0, 0.05) is 14.1 Å². The van der Waals surface area contributed by atoms with E-state index in [-0.39, 0.29) is 11.8 Å². The Morgan fingerprint density at radius 2 is 1.64 bits per heavy atom. The lowest BCUT2D eigenvalue weighted by Crippen LogP contribution is -2.39. The van der Waals surface area contributed by atoms with Gasteiger partial charge in [-0.05, 0) is 12.8 Å². The molecule has 1 amide bonds. The highest BCUT2D eigenvalue weighted by molar-refractivity contribution is 5.84. The molecule has 1 saturated carbocycles. The lowest BCUT2D eigenvalue weighted by Gasteiger charge is -2.29. The van der Waals surface area contributed by atoms with Crippen molar-refractivity contribution >= 4 is 11.9 Å². The maximum absolute atomic E-state index is 11.7. The van der Waals surface area contributed by atoms with Crippen LogP contribution in [0.3, 0.4) is 0 Å². The number of amides is 1. The molecule has 0 unspecified atom stereocenters. The number of aliphatic carboxylic acids is 1. The van der Waals surface area contributed by atoms with Gasteiger partial charge in [-0.25, -0.2) is 0 Å². The van der Waals surface area contributed by atoms with Crippen LogP contribution < -0.4 is 0 Å². The van der Waals surface area contributed by atoms with E-state index < -0.39 is 11.9 Å². The normalized spacial score (nSPS) is 27.0. The first kappa shape index (κ1) is 11.0. The maximum Gasteiger partial charge on any atom is 0.307 e. The molecule has 1 aliphatic carbocycles. The average Bonchev–Trinajstić information content (AvgIpc) is 2.16. The highest BCUT2D eigenvalue weighted by Crippen LogP contribution is 2.31. The minimum atomic E-state index is -0.829. The Morgan fingerprint density at radius 1 is 1.14 bits per heavy atom. The number of hydrogen-bond acceptors (Lipinski definition) is 2. The van der Waals surface area contributed by atoms with Crippen LogP contribution in [0.2, 0.25) is 0 Å². The molecule has 0 spiro atoms. The van der Waals surface area contributed by atoms with Gasteiger partial charge in [0.2, 0.25) is 5.91 Å². The molecular formula is C10H17NO3. The van der Waals surface area contributed by atoms with Crippen molar-refractivity contribution in [1.29, 1.82) is 0 Å². The molecule has 0 saturated heterocycles. The summed E-state index contributed by atoms with van der Waals surface area (Å²) in [5.74, 6) is -1.66. The summed E-state index contributed by atoms with van der Waals surface area (Å²) >= 11 is 0. The monoisotopic (exact) mass is 199 g/mol. The topological polar surface area (TPSA) is 57.6 Å². The first-order chi connectivity index (χ1) is 6.54. The molecule has 0 bridgehead atoms. The number of carbonyl (C=O) groups excluding carboxylic acids is 1. The summed E-state index contributed by atoms with van der Waals surface area (Å²) in [6, 6.07) is 0. The van der Waals surface area contributed by atoms with Gasteiger partial charge in [-0.2, -0.15) is 0 Å². The van der Waals surface area contributed by atoms with Crippen LogP contribution in [0.4, 0.5) is 0 Å². The Labute approximate surface area is 83.9 Å². The van der Waals surface area contributed by atoms with Crippen LogP contribution in [-0.2, 0) is 9.59 Å². The quantitative estimate of drug-likeness (QED) is 0.720. The molecule has 1 fully saturated rings. The van der Waals surface area contributed by atoms with E-state index in [0.717, 1.165) is 12.8 Å². The number of carboxylic acids is 1. The Balaban J connectivity index is 2.72. The number of carbonyl (C=O) groups is 2. The summed E-state index contributed by atoms with van der Waals surface area (Å²) in [7, 11) is 3.35. The zero-order valence-corrected chi connectivity index (χ0v) is 8.69. The van der Waals surface area contributed by atoms with Gasteiger partial charge >= 0.3 is 5.97 Å². The molecular weight excluding hydrogens is 182 g/mol. The fourth-order valence-electron chi connectivity index (χ4n) is 2.05. The number of carboxylic acid groups (broad SMARTS) is 1. The largest absolute Gasteiger partial charge is 0.481 e. The van der Waals surface area contributed by atoms with Gasteiger partial charge in [0.1, 0.15) is 0 Å². The molecule has 0 aromatic carbocycles. The second kappa shape index (κ2) is 4.44. The van der Waals surface area contributed by atoms with Crippen molar-refractivity contribution in [1.82, 2.24) is 4.90 Å². The number of rotatable bonds is 2. The smallest absolute Gasteiger partial charge is 0.307 e. The SMILES string of the molecule is CN(C)C(=O)[C@H]1CCCC[C@@H]1C(=O)O. The summed E-state index contributed by atoms with van der Waals surface area (Å²) in [6.45, 7) is 0. The van der Waals surface area contributed by atoms with Crippen molar-refractivity contribution in [2.75, 3.05) is 14.1 Å². The van der Waals surface area contributed by atoms with Gasteiger partial charge in [-0.1, -0.05) is 12.8 Å². The highest BCUT2D eigenvalue weighted by Gasteiger charge is 2.36. The van der Waals surface area contributed by atoms with Crippen molar-refractivity contribution < 1.29 is 14.7 Å². The molecule has 14 heavy (non-hydrogen) atoms. The minimum absolute atomic E-state index is 0.0444. The van der Waals surface area contributed by atoms with E-state index in [9.17, 15) is 9.59 Å². The molecule has 0 aliphatic heterocycles. The van der Waals surface area contributed by atoms with Crippen molar-refractivity contribution in [2.45, 2.75) is 25.7 Å². The molecule has 4 nitrogen and oxygen atoms in total. The van der Waals surface area contributed by atoms with E-state index in [1.54, 1.807) is 14.1 Å². The summed E-state index contributed by atoms with van der Waals surface area (Å²) in [4.78, 5) is 24.1. The molecule has 0 aromatic heterocycles. The van der Waals surface area contributed by atoms with E-state index in [2.05, 4.69) is 0 Å². The van der Waals surface area contributed by atoms with Gasteiger partial charge in [0.15, 0.2) is 0 Å². The molecule has 1 aliphatic rings. The molecule has 4 heteroatoms. The van der Waals surface area contributed by atoms with E-state index in [0.29, 0.717) is 12.8 Å². The predicted octanol–water partition coefficient (Wildman–Crippen LogP) is 0.966. The summed E-state index contributed by atoms with van der Waals surface area (Å²) in [5, 5.41) is 8.97. The minimum Gasteiger partial charge on any atom is -0.481 e. The second-order valence-electron chi connectivity index (χ2n) is 4.07. The Hall–Kier alpha value is -1.06. The van der Waals surface area contributed by atoms with Gasteiger partial charge < -0.3 is 10.0 Å². The van der Waals surface area contributed by atoms with E-state index in [1.165, 1.54) is 4.90 Å². The van der Waals surface area contributed by atoms with E-state index >= 15 is 0 Å². The lowest BCUT2D eigenvalue weighted by molar-refractivity contribution is -0.151. The highest BCUT2D eigenvalue weighted by atomic mass is 16.4. The first-order valence-corrected chi connectivity index (χ1v) is 4.98. The first-order valence-electron chi connectivity index (χ1n) is 4.98. The third-order valence-corrected chi connectivity index (χ3v) is 2.84. The van der Waals surface area contributed by atoms with Crippen LogP contribution in [0.25, 0.3) is 0 Å². The fourth-order valence-corrected chi connectivity index (χ4v) is 2.05. The zero-order chi connectivity index (χ0) is 10.7. The van der Waals surface area contributed by atoms with Crippen molar-refractivity contribution in [3.63, 3.8) is 0 Å². The van der Waals surface area contributed by atoms with Gasteiger partial charge in [-0.15, -0.1) is 0 Å². The second-order valence-corrected chi connectivity index (χ2v) is 4.07.